The molecule has 0 radical (unpaired) electrons. The number of likely N-dealkylation sites (tertiary alicyclic amines) is 1. The van der Waals surface area contributed by atoms with Gasteiger partial charge in [-0.2, -0.15) is 0 Å². The zero-order chi connectivity index (χ0) is 16.1. The molecule has 0 spiro atoms. The summed E-state index contributed by atoms with van der Waals surface area (Å²) in [7, 11) is 0. The van der Waals surface area contributed by atoms with Gasteiger partial charge in [0.25, 0.3) is 5.91 Å². The molecule has 2 aliphatic rings. The lowest BCUT2D eigenvalue weighted by molar-refractivity contribution is 0.0683. The fourth-order valence-electron chi connectivity index (χ4n) is 3.89. The van der Waals surface area contributed by atoms with Crippen LogP contribution in [-0.4, -0.2) is 34.4 Å². The number of carbonyl (C=O) groups is 1. The van der Waals surface area contributed by atoms with Crippen molar-refractivity contribution in [2.45, 2.75) is 32.4 Å². The lowest BCUT2D eigenvalue weighted by Gasteiger charge is -2.30. The molecule has 3 unspecified atom stereocenters. The van der Waals surface area contributed by atoms with Gasteiger partial charge in [-0.3, -0.25) is 4.79 Å². The van der Waals surface area contributed by atoms with Gasteiger partial charge in [0, 0.05) is 12.6 Å². The number of nitrogens with two attached hydrogens (primary N) is 1. The fraction of sp³-hybridized carbons (Fsp3) is 0.444. The number of hydrogen-bond acceptors (Lipinski definition) is 4. The number of aryl methyl sites for hydroxylation is 1. The lowest BCUT2D eigenvalue weighted by Crippen LogP contribution is -2.48. The van der Waals surface area contributed by atoms with Gasteiger partial charge in [0.1, 0.15) is 5.69 Å². The zero-order valence-electron chi connectivity index (χ0n) is 13.4. The van der Waals surface area contributed by atoms with Crippen LogP contribution in [0.1, 0.15) is 28.8 Å². The molecule has 1 saturated heterocycles. The van der Waals surface area contributed by atoms with Crippen LogP contribution in [0, 0.1) is 18.8 Å². The van der Waals surface area contributed by atoms with Gasteiger partial charge in [-0.1, -0.05) is 30.3 Å². The molecule has 1 saturated carbocycles. The summed E-state index contributed by atoms with van der Waals surface area (Å²) in [5.74, 6) is 1.29. The maximum absolute atomic E-state index is 13.1. The molecule has 2 heterocycles. The molecule has 1 aromatic heterocycles. The Hall–Kier alpha value is -1.72. The number of fused-ring (bicyclic) bond motifs is 1. The molecule has 4 nitrogen and oxygen atoms in total. The third-order valence-corrected chi connectivity index (χ3v) is 6.00. The van der Waals surface area contributed by atoms with E-state index < -0.39 is 0 Å². The third-order valence-electron chi connectivity index (χ3n) is 4.98. The highest BCUT2D eigenvalue weighted by Gasteiger charge is 2.55. The molecule has 2 aromatic rings. The van der Waals surface area contributed by atoms with E-state index in [-0.39, 0.29) is 18.0 Å². The van der Waals surface area contributed by atoms with E-state index in [9.17, 15) is 4.79 Å². The molecule has 1 aliphatic carbocycles. The second-order valence-electron chi connectivity index (χ2n) is 6.74. The number of thiazole rings is 1. The molecule has 1 amide bonds. The summed E-state index contributed by atoms with van der Waals surface area (Å²) in [5.41, 5.74) is 7.81. The highest BCUT2D eigenvalue weighted by molar-refractivity contribution is 7.15. The Morgan fingerprint density at radius 3 is 2.83 bits per heavy atom. The van der Waals surface area contributed by atoms with Crippen molar-refractivity contribution in [2.24, 2.45) is 17.6 Å². The Morgan fingerprint density at radius 1 is 1.39 bits per heavy atom. The summed E-state index contributed by atoms with van der Waals surface area (Å²) < 4.78 is 0. The number of benzene rings is 1. The van der Waals surface area contributed by atoms with Crippen molar-refractivity contribution in [3.8, 4) is 10.4 Å². The average Bonchev–Trinajstić information content (AvgIpc) is 3.02. The number of rotatable bonds is 3. The summed E-state index contributed by atoms with van der Waals surface area (Å²) in [6.07, 6.45) is 1.22. The van der Waals surface area contributed by atoms with Gasteiger partial charge in [0.15, 0.2) is 0 Å². The minimum Gasteiger partial charge on any atom is -0.332 e. The highest BCUT2D eigenvalue weighted by atomic mass is 32.1. The Labute approximate surface area is 140 Å². The van der Waals surface area contributed by atoms with Crippen LogP contribution in [-0.2, 0) is 0 Å². The van der Waals surface area contributed by atoms with Gasteiger partial charge < -0.3 is 10.6 Å². The molecule has 5 heteroatoms. The number of hydrogen-bond donors (Lipinski definition) is 1. The van der Waals surface area contributed by atoms with Gasteiger partial charge in [0.05, 0.1) is 15.9 Å². The zero-order valence-corrected chi connectivity index (χ0v) is 14.2. The first-order valence-corrected chi connectivity index (χ1v) is 8.97. The van der Waals surface area contributed by atoms with Crippen molar-refractivity contribution >= 4 is 17.2 Å². The van der Waals surface area contributed by atoms with Crippen LogP contribution in [0.4, 0.5) is 0 Å². The Bertz CT molecular complexity index is 740. The van der Waals surface area contributed by atoms with Crippen LogP contribution in [0.3, 0.4) is 0 Å². The molecule has 1 aliphatic heterocycles. The molecule has 4 atom stereocenters. The fourth-order valence-corrected chi connectivity index (χ4v) is 4.81. The van der Waals surface area contributed by atoms with Crippen LogP contribution in [0.15, 0.2) is 30.3 Å². The number of piperidine rings is 1. The first-order valence-electron chi connectivity index (χ1n) is 8.15. The molecule has 2 fully saturated rings. The van der Waals surface area contributed by atoms with Gasteiger partial charge in [0.2, 0.25) is 0 Å². The van der Waals surface area contributed by atoms with E-state index in [2.05, 4.69) is 4.98 Å². The van der Waals surface area contributed by atoms with E-state index in [0.717, 1.165) is 22.0 Å². The molecule has 23 heavy (non-hydrogen) atoms. The van der Waals surface area contributed by atoms with Crippen molar-refractivity contribution in [2.75, 3.05) is 6.54 Å². The molecule has 120 valence electrons. The van der Waals surface area contributed by atoms with E-state index in [1.165, 1.54) is 6.42 Å². The standard InChI is InChI=1S/C18H21N3OS/c1-10(19)16-14-8-13(14)9-21(16)18(22)15-17(23-11(2)20-15)12-6-4-3-5-7-12/h3-7,10,13-14,16H,8-9,19H2,1-2H3/t10-,13?,14?,16?/m0/s1. The summed E-state index contributed by atoms with van der Waals surface area (Å²) in [6, 6.07) is 10.2. The Balaban J connectivity index is 1.70. The van der Waals surface area contributed by atoms with Crippen LogP contribution < -0.4 is 5.73 Å². The summed E-state index contributed by atoms with van der Waals surface area (Å²) >= 11 is 1.59. The summed E-state index contributed by atoms with van der Waals surface area (Å²) in [5, 5.41) is 0.925. The molecular weight excluding hydrogens is 306 g/mol. The molecule has 4 rings (SSSR count). The maximum Gasteiger partial charge on any atom is 0.274 e. The highest BCUT2D eigenvalue weighted by Crippen LogP contribution is 2.50. The van der Waals surface area contributed by atoms with Gasteiger partial charge >= 0.3 is 0 Å². The monoisotopic (exact) mass is 327 g/mol. The summed E-state index contributed by atoms with van der Waals surface area (Å²) in [6.45, 7) is 4.80. The van der Waals surface area contributed by atoms with E-state index in [1.807, 2.05) is 49.1 Å². The number of nitrogens with zero attached hydrogens (tertiary/aromatic N) is 2. The molecule has 0 bridgehead atoms. The lowest BCUT2D eigenvalue weighted by atomic mass is 10.1. The second kappa shape index (κ2) is 5.42. The SMILES string of the molecule is Cc1nc(C(=O)N2CC3CC3C2[C@H](C)N)c(-c2ccccc2)s1. The van der Waals surface area contributed by atoms with Crippen molar-refractivity contribution in [1.29, 1.82) is 0 Å². The first-order chi connectivity index (χ1) is 11.1. The summed E-state index contributed by atoms with van der Waals surface area (Å²) in [4.78, 5) is 20.6. The van der Waals surface area contributed by atoms with Crippen molar-refractivity contribution in [3.05, 3.63) is 41.0 Å². The third kappa shape index (κ3) is 2.48. The quantitative estimate of drug-likeness (QED) is 0.943. The topological polar surface area (TPSA) is 59.2 Å². The van der Waals surface area contributed by atoms with Crippen molar-refractivity contribution < 1.29 is 4.79 Å². The Kier molecular flexibility index (Phi) is 3.50. The number of aromatic nitrogens is 1. The Morgan fingerprint density at radius 2 is 2.13 bits per heavy atom. The van der Waals surface area contributed by atoms with Crippen LogP contribution in [0.2, 0.25) is 0 Å². The number of amides is 1. The molecule has 1 aromatic carbocycles. The maximum atomic E-state index is 13.1. The average molecular weight is 327 g/mol. The van der Waals surface area contributed by atoms with E-state index >= 15 is 0 Å². The predicted molar refractivity (Wildman–Crippen MR) is 92.4 cm³/mol. The van der Waals surface area contributed by atoms with Crippen LogP contribution in [0.25, 0.3) is 10.4 Å². The van der Waals surface area contributed by atoms with E-state index in [4.69, 9.17) is 5.73 Å². The van der Waals surface area contributed by atoms with E-state index in [0.29, 0.717) is 17.5 Å². The largest absolute Gasteiger partial charge is 0.332 e. The minimum atomic E-state index is 0.0105. The number of carbonyl (C=O) groups excluding carboxylic acids is 1. The predicted octanol–water partition coefficient (Wildman–Crippen LogP) is 2.93. The van der Waals surface area contributed by atoms with Gasteiger partial charge in [-0.25, -0.2) is 4.98 Å². The van der Waals surface area contributed by atoms with Gasteiger partial charge in [-0.05, 0) is 37.7 Å². The smallest absolute Gasteiger partial charge is 0.274 e. The molecule has 2 N–H and O–H groups in total. The van der Waals surface area contributed by atoms with Crippen LogP contribution in [0.5, 0.6) is 0 Å². The van der Waals surface area contributed by atoms with Crippen molar-refractivity contribution in [3.63, 3.8) is 0 Å². The van der Waals surface area contributed by atoms with Crippen molar-refractivity contribution in [1.82, 2.24) is 9.88 Å². The van der Waals surface area contributed by atoms with Gasteiger partial charge in [-0.15, -0.1) is 11.3 Å². The second-order valence-corrected chi connectivity index (χ2v) is 7.95. The normalized spacial score (nSPS) is 26.9. The minimum absolute atomic E-state index is 0.0105. The van der Waals surface area contributed by atoms with Crippen LogP contribution >= 0.6 is 11.3 Å². The van der Waals surface area contributed by atoms with E-state index in [1.54, 1.807) is 11.3 Å². The first kappa shape index (κ1) is 14.8. The molecular formula is C18H21N3OS.